The van der Waals surface area contributed by atoms with E-state index in [4.69, 9.17) is 14.2 Å². The molecule has 0 bridgehead atoms. The summed E-state index contributed by atoms with van der Waals surface area (Å²) < 4.78 is 16.3. The highest BCUT2D eigenvalue weighted by atomic mass is 16.7. The van der Waals surface area contributed by atoms with Crippen LogP contribution in [0.25, 0.3) is 0 Å². The Bertz CT molecular complexity index is 725. The number of aliphatic hydroxyl groups is 4. The van der Waals surface area contributed by atoms with E-state index in [1.807, 2.05) is 0 Å². The van der Waals surface area contributed by atoms with Gasteiger partial charge in [-0.05, 0) is 44.1 Å². The lowest BCUT2D eigenvalue weighted by Crippen LogP contribution is -2.60. The molecule has 2 aliphatic heterocycles. The molecule has 1 aromatic rings. The van der Waals surface area contributed by atoms with E-state index in [2.05, 4.69) is 10.2 Å². The van der Waals surface area contributed by atoms with Crippen LogP contribution >= 0.6 is 0 Å². The molecule has 5 unspecified atom stereocenters. The van der Waals surface area contributed by atoms with Crippen LogP contribution in [0, 0.1) is 0 Å². The second kappa shape index (κ2) is 11.1. The molecule has 10 nitrogen and oxygen atoms in total. The minimum atomic E-state index is -1.55. The van der Waals surface area contributed by atoms with Crippen molar-refractivity contribution in [2.24, 2.45) is 0 Å². The Kier molecular flexibility index (Phi) is 8.47. The van der Waals surface area contributed by atoms with Gasteiger partial charge in [0.05, 0.1) is 13.7 Å². The summed E-state index contributed by atoms with van der Waals surface area (Å²) in [6.45, 7) is 2.92. The smallest absolute Gasteiger partial charge is 0.251 e. The van der Waals surface area contributed by atoms with Crippen LogP contribution in [0.2, 0.25) is 0 Å². The number of methoxy groups -OCH3 is 1. The van der Waals surface area contributed by atoms with Gasteiger partial charge >= 0.3 is 0 Å². The number of carbonyl (C=O) groups excluding carboxylic acids is 1. The second-order valence-electron chi connectivity index (χ2n) is 7.84. The van der Waals surface area contributed by atoms with E-state index in [-0.39, 0.29) is 17.4 Å². The zero-order valence-electron chi connectivity index (χ0n) is 17.6. The monoisotopic (exact) mass is 440 g/mol. The van der Waals surface area contributed by atoms with Gasteiger partial charge in [-0.1, -0.05) is 6.42 Å². The van der Waals surface area contributed by atoms with E-state index in [0.717, 1.165) is 19.6 Å². The predicted octanol–water partition coefficient (Wildman–Crippen LogP) is -0.910. The average molecular weight is 440 g/mol. The van der Waals surface area contributed by atoms with Crippen LogP contribution in [-0.2, 0) is 4.74 Å². The molecular weight excluding hydrogens is 408 g/mol. The summed E-state index contributed by atoms with van der Waals surface area (Å²) in [4.78, 5) is 14.8. The minimum Gasteiger partial charge on any atom is -0.493 e. The highest BCUT2D eigenvalue weighted by molar-refractivity contribution is 5.94. The standard InChI is InChI=1S/C21H32N2O8/c1-29-15-11-13(20(28)22-7-10-23-8-3-2-4-9-23)5-6-14(15)30-21-19(27)18(26)17(25)16(12-24)31-21/h5-6,11,16-19,21,24-27H,2-4,7-10,12H2,1H3,(H,22,28). The molecule has 3 rings (SSSR count). The summed E-state index contributed by atoms with van der Waals surface area (Å²) in [6, 6.07) is 4.56. The summed E-state index contributed by atoms with van der Waals surface area (Å²) in [5.74, 6) is 0.173. The molecule has 0 aliphatic carbocycles. The molecule has 2 saturated heterocycles. The molecule has 0 aromatic heterocycles. The molecule has 5 atom stereocenters. The fraction of sp³-hybridized carbons (Fsp3) is 0.667. The van der Waals surface area contributed by atoms with Gasteiger partial charge in [-0.2, -0.15) is 0 Å². The van der Waals surface area contributed by atoms with E-state index >= 15 is 0 Å². The summed E-state index contributed by atoms with van der Waals surface area (Å²) in [5.41, 5.74) is 0.386. The molecule has 174 valence electrons. The number of rotatable bonds is 8. The van der Waals surface area contributed by atoms with E-state index in [9.17, 15) is 25.2 Å². The fourth-order valence-corrected chi connectivity index (χ4v) is 3.81. The summed E-state index contributed by atoms with van der Waals surface area (Å²) in [5, 5.41) is 42.1. The summed E-state index contributed by atoms with van der Waals surface area (Å²) in [7, 11) is 1.41. The Morgan fingerprint density at radius 2 is 1.87 bits per heavy atom. The third-order valence-corrected chi connectivity index (χ3v) is 5.68. The molecule has 0 saturated carbocycles. The quantitative estimate of drug-likeness (QED) is 0.347. The van der Waals surface area contributed by atoms with E-state index in [1.54, 1.807) is 6.07 Å². The van der Waals surface area contributed by atoms with Gasteiger partial charge in [0, 0.05) is 18.7 Å². The lowest BCUT2D eigenvalue weighted by molar-refractivity contribution is -0.277. The number of hydrogen-bond donors (Lipinski definition) is 5. The second-order valence-corrected chi connectivity index (χ2v) is 7.84. The minimum absolute atomic E-state index is 0.177. The molecular formula is C21H32N2O8. The van der Waals surface area contributed by atoms with Crippen LogP contribution < -0.4 is 14.8 Å². The molecule has 2 fully saturated rings. The van der Waals surface area contributed by atoms with Crippen molar-refractivity contribution >= 4 is 5.91 Å². The first-order valence-corrected chi connectivity index (χ1v) is 10.6. The number of hydrogen-bond acceptors (Lipinski definition) is 9. The van der Waals surface area contributed by atoms with Crippen molar-refractivity contribution < 1.29 is 39.4 Å². The maximum atomic E-state index is 12.5. The molecule has 1 amide bonds. The Balaban J connectivity index is 1.60. The Morgan fingerprint density at radius 1 is 1.13 bits per heavy atom. The first-order valence-electron chi connectivity index (χ1n) is 10.6. The molecule has 5 N–H and O–H groups in total. The highest BCUT2D eigenvalue weighted by Gasteiger charge is 2.45. The zero-order chi connectivity index (χ0) is 22.4. The van der Waals surface area contributed by atoms with Gasteiger partial charge in [0.15, 0.2) is 11.5 Å². The van der Waals surface area contributed by atoms with Gasteiger partial charge in [-0.25, -0.2) is 0 Å². The number of amides is 1. The van der Waals surface area contributed by atoms with Crippen molar-refractivity contribution in [1.29, 1.82) is 0 Å². The number of aliphatic hydroxyl groups excluding tert-OH is 4. The molecule has 2 heterocycles. The van der Waals surface area contributed by atoms with Crippen molar-refractivity contribution in [1.82, 2.24) is 10.2 Å². The van der Waals surface area contributed by atoms with Crippen molar-refractivity contribution in [3.05, 3.63) is 23.8 Å². The predicted molar refractivity (Wildman–Crippen MR) is 110 cm³/mol. The largest absolute Gasteiger partial charge is 0.493 e. The SMILES string of the molecule is COc1cc(C(=O)NCCN2CCCCC2)ccc1OC1OC(CO)C(O)C(O)C1O. The van der Waals surface area contributed by atoms with E-state index in [0.29, 0.717) is 12.1 Å². The first-order chi connectivity index (χ1) is 14.9. The Labute approximate surface area is 181 Å². The van der Waals surface area contributed by atoms with E-state index < -0.39 is 37.3 Å². The lowest BCUT2D eigenvalue weighted by atomic mass is 9.99. The van der Waals surface area contributed by atoms with Gasteiger partial charge in [-0.3, -0.25) is 4.79 Å². The van der Waals surface area contributed by atoms with Crippen molar-refractivity contribution in [2.75, 3.05) is 39.9 Å². The third kappa shape index (κ3) is 5.85. The Morgan fingerprint density at radius 3 is 2.55 bits per heavy atom. The maximum absolute atomic E-state index is 12.5. The topological polar surface area (TPSA) is 141 Å². The normalized spacial score (nSPS) is 29.4. The molecule has 1 aromatic carbocycles. The number of likely N-dealkylation sites (tertiary alicyclic amines) is 1. The average Bonchev–Trinajstić information content (AvgIpc) is 2.80. The van der Waals surface area contributed by atoms with Crippen LogP contribution in [0.5, 0.6) is 11.5 Å². The number of piperidine rings is 1. The summed E-state index contributed by atoms with van der Waals surface area (Å²) in [6.07, 6.45) is -3.33. The van der Waals surface area contributed by atoms with Crippen molar-refractivity contribution in [3.8, 4) is 11.5 Å². The molecule has 31 heavy (non-hydrogen) atoms. The van der Waals surface area contributed by atoms with Crippen molar-refractivity contribution in [3.63, 3.8) is 0 Å². The zero-order valence-corrected chi connectivity index (χ0v) is 17.6. The number of nitrogens with one attached hydrogen (secondary N) is 1. The van der Waals surface area contributed by atoms with Gasteiger partial charge in [0.1, 0.15) is 24.4 Å². The number of nitrogens with zero attached hydrogens (tertiary/aromatic N) is 1. The van der Waals surface area contributed by atoms with Crippen molar-refractivity contribution in [2.45, 2.75) is 50.0 Å². The molecule has 10 heteroatoms. The lowest BCUT2D eigenvalue weighted by Gasteiger charge is -2.39. The van der Waals surface area contributed by atoms with Gasteiger partial charge in [0.2, 0.25) is 6.29 Å². The number of ether oxygens (including phenoxy) is 3. The van der Waals surface area contributed by atoms with Crippen LogP contribution in [0.3, 0.4) is 0 Å². The van der Waals surface area contributed by atoms with E-state index in [1.165, 1.54) is 38.5 Å². The fourth-order valence-electron chi connectivity index (χ4n) is 3.81. The molecule has 2 aliphatic rings. The van der Waals surface area contributed by atoms with Crippen LogP contribution in [0.15, 0.2) is 18.2 Å². The molecule has 0 spiro atoms. The van der Waals surface area contributed by atoms with Gasteiger partial charge in [-0.15, -0.1) is 0 Å². The molecule has 0 radical (unpaired) electrons. The number of carbonyl (C=O) groups is 1. The maximum Gasteiger partial charge on any atom is 0.251 e. The van der Waals surface area contributed by atoms with Gasteiger partial charge in [0.25, 0.3) is 5.91 Å². The first kappa shape index (κ1) is 23.7. The third-order valence-electron chi connectivity index (χ3n) is 5.68. The van der Waals surface area contributed by atoms with Gasteiger partial charge < -0.3 is 44.9 Å². The highest BCUT2D eigenvalue weighted by Crippen LogP contribution is 2.32. The number of benzene rings is 1. The van der Waals surface area contributed by atoms with Crippen LogP contribution in [0.4, 0.5) is 0 Å². The van der Waals surface area contributed by atoms with Crippen LogP contribution in [-0.4, -0.2) is 102 Å². The Hall–Kier alpha value is -1.95. The van der Waals surface area contributed by atoms with Crippen LogP contribution in [0.1, 0.15) is 29.6 Å². The summed E-state index contributed by atoms with van der Waals surface area (Å²) >= 11 is 0.